The summed E-state index contributed by atoms with van der Waals surface area (Å²) in [5.41, 5.74) is 1.81. The van der Waals surface area contributed by atoms with E-state index in [1.165, 1.54) is 5.56 Å². The number of ether oxygens (including phenoxy) is 2. The first-order valence-electron chi connectivity index (χ1n) is 9.23. The molecule has 1 aromatic rings. The van der Waals surface area contributed by atoms with Gasteiger partial charge in [0, 0.05) is 19.6 Å². The third kappa shape index (κ3) is 3.94. The molecule has 3 rings (SSSR count). The number of hydrogen-bond donors (Lipinski definition) is 0. The van der Waals surface area contributed by atoms with Gasteiger partial charge in [-0.05, 0) is 63.3 Å². The van der Waals surface area contributed by atoms with Crippen molar-refractivity contribution in [2.45, 2.75) is 58.2 Å². The third-order valence-electron chi connectivity index (χ3n) is 4.90. The van der Waals surface area contributed by atoms with Crippen LogP contribution >= 0.6 is 0 Å². The van der Waals surface area contributed by atoms with E-state index in [9.17, 15) is 9.59 Å². The highest BCUT2D eigenvalue weighted by atomic mass is 16.6. The van der Waals surface area contributed by atoms with Crippen LogP contribution < -0.4 is 4.74 Å². The molecule has 142 valence electrons. The standard InChI is InChI=1S/C20H28N2O4/c1-20(2,3)26-19(24)22-10-5-6-17(22)18(23)21-11-9-14-12-16(25-4)8-7-15(14)13-21/h7-8,12,17H,5-6,9-11,13H2,1-4H3/t17-/m0/s1. The minimum absolute atomic E-state index is 0.0230. The molecule has 1 aromatic carbocycles. The summed E-state index contributed by atoms with van der Waals surface area (Å²) in [6.45, 7) is 7.34. The van der Waals surface area contributed by atoms with Crippen LogP contribution in [-0.4, -0.2) is 53.6 Å². The van der Waals surface area contributed by atoms with E-state index < -0.39 is 17.7 Å². The Bertz CT molecular complexity index is 696. The fourth-order valence-corrected chi connectivity index (χ4v) is 3.62. The molecular formula is C20H28N2O4. The number of amides is 2. The lowest BCUT2D eigenvalue weighted by atomic mass is 9.98. The highest BCUT2D eigenvalue weighted by Crippen LogP contribution is 2.27. The van der Waals surface area contributed by atoms with Crippen molar-refractivity contribution in [2.75, 3.05) is 20.2 Å². The van der Waals surface area contributed by atoms with E-state index in [2.05, 4.69) is 0 Å². The van der Waals surface area contributed by atoms with E-state index in [1.54, 1.807) is 12.0 Å². The van der Waals surface area contributed by atoms with Gasteiger partial charge in [0.15, 0.2) is 0 Å². The highest BCUT2D eigenvalue weighted by Gasteiger charge is 2.39. The van der Waals surface area contributed by atoms with Crippen LogP contribution in [0.15, 0.2) is 18.2 Å². The molecule has 2 aliphatic heterocycles. The van der Waals surface area contributed by atoms with Crippen LogP contribution in [-0.2, 0) is 22.5 Å². The number of hydrogen-bond acceptors (Lipinski definition) is 4. The molecule has 0 saturated carbocycles. The van der Waals surface area contributed by atoms with Gasteiger partial charge in [-0.2, -0.15) is 0 Å². The van der Waals surface area contributed by atoms with Crippen molar-refractivity contribution in [3.05, 3.63) is 29.3 Å². The van der Waals surface area contributed by atoms with Crippen LogP contribution in [0, 0.1) is 0 Å². The Kier molecular flexibility index (Phi) is 5.12. The van der Waals surface area contributed by atoms with Crippen LogP contribution in [0.4, 0.5) is 4.79 Å². The van der Waals surface area contributed by atoms with Crippen LogP contribution in [0.1, 0.15) is 44.7 Å². The van der Waals surface area contributed by atoms with Crippen molar-refractivity contribution in [1.29, 1.82) is 0 Å². The maximum Gasteiger partial charge on any atom is 0.410 e. The van der Waals surface area contributed by atoms with Gasteiger partial charge >= 0.3 is 6.09 Å². The first kappa shape index (κ1) is 18.5. The van der Waals surface area contributed by atoms with Crippen molar-refractivity contribution in [2.24, 2.45) is 0 Å². The highest BCUT2D eigenvalue weighted by molar-refractivity contribution is 5.86. The van der Waals surface area contributed by atoms with Crippen molar-refractivity contribution in [3.63, 3.8) is 0 Å². The number of benzene rings is 1. The number of carbonyl (C=O) groups excluding carboxylic acids is 2. The summed E-state index contributed by atoms with van der Waals surface area (Å²) in [7, 11) is 1.66. The second-order valence-corrected chi connectivity index (χ2v) is 7.98. The molecule has 6 nitrogen and oxygen atoms in total. The second-order valence-electron chi connectivity index (χ2n) is 7.98. The van der Waals surface area contributed by atoms with Crippen molar-refractivity contribution < 1.29 is 19.1 Å². The predicted molar refractivity (Wildman–Crippen MR) is 98.1 cm³/mol. The van der Waals surface area contributed by atoms with E-state index in [0.717, 1.165) is 24.2 Å². The summed E-state index contributed by atoms with van der Waals surface area (Å²) in [6, 6.07) is 5.58. The Morgan fingerprint density at radius 2 is 1.92 bits per heavy atom. The lowest BCUT2D eigenvalue weighted by molar-refractivity contribution is -0.136. The van der Waals surface area contributed by atoms with Gasteiger partial charge in [-0.1, -0.05) is 6.07 Å². The first-order valence-corrected chi connectivity index (χ1v) is 9.23. The summed E-state index contributed by atoms with van der Waals surface area (Å²) in [5.74, 6) is 0.866. The average molecular weight is 360 g/mol. The van der Waals surface area contributed by atoms with Crippen LogP contribution in [0.3, 0.4) is 0 Å². The van der Waals surface area contributed by atoms with Gasteiger partial charge in [-0.3, -0.25) is 9.69 Å². The number of carbonyl (C=O) groups is 2. The number of likely N-dealkylation sites (tertiary alicyclic amines) is 1. The van der Waals surface area contributed by atoms with Gasteiger partial charge < -0.3 is 14.4 Å². The van der Waals surface area contributed by atoms with Crippen molar-refractivity contribution in [3.8, 4) is 5.75 Å². The predicted octanol–water partition coefficient (Wildman–Crippen LogP) is 2.98. The Balaban J connectivity index is 1.69. The fourth-order valence-electron chi connectivity index (χ4n) is 3.62. The SMILES string of the molecule is COc1ccc2c(c1)CCN(C(=O)[C@@H]1CCCN1C(=O)OC(C)(C)C)C2. The lowest BCUT2D eigenvalue weighted by Crippen LogP contribution is -2.50. The van der Waals surface area contributed by atoms with E-state index in [1.807, 2.05) is 43.9 Å². The van der Waals surface area contributed by atoms with Gasteiger partial charge in [0.1, 0.15) is 17.4 Å². The minimum Gasteiger partial charge on any atom is -0.497 e. The number of methoxy groups -OCH3 is 1. The summed E-state index contributed by atoms with van der Waals surface area (Å²) in [6.07, 6.45) is 1.94. The molecule has 0 N–H and O–H groups in total. The summed E-state index contributed by atoms with van der Waals surface area (Å²) in [4.78, 5) is 29.0. The normalized spacial score (nSPS) is 19.9. The molecule has 2 amide bonds. The molecule has 0 unspecified atom stereocenters. The van der Waals surface area contributed by atoms with Crippen molar-refractivity contribution >= 4 is 12.0 Å². The largest absolute Gasteiger partial charge is 0.497 e. The van der Waals surface area contributed by atoms with E-state index in [4.69, 9.17) is 9.47 Å². The van der Waals surface area contributed by atoms with Crippen molar-refractivity contribution in [1.82, 2.24) is 9.80 Å². The van der Waals surface area contributed by atoms with Gasteiger partial charge in [-0.25, -0.2) is 4.79 Å². The number of rotatable bonds is 2. The zero-order valence-corrected chi connectivity index (χ0v) is 16.1. The summed E-state index contributed by atoms with van der Waals surface area (Å²) >= 11 is 0. The molecule has 2 heterocycles. The molecule has 0 aliphatic carbocycles. The molecular weight excluding hydrogens is 332 g/mol. The van der Waals surface area contributed by atoms with Crippen LogP contribution in [0.2, 0.25) is 0 Å². The lowest BCUT2D eigenvalue weighted by Gasteiger charge is -2.34. The Labute approximate surface area is 155 Å². The minimum atomic E-state index is -0.559. The summed E-state index contributed by atoms with van der Waals surface area (Å²) < 4.78 is 10.8. The molecule has 0 spiro atoms. The average Bonchev–Trinajstić information content (AvgIpc) is 3.08. The Morgan fingerprint density at radius 1 is 1.15 bits per heavy atom. The van der Waals surface area contributed by atoms with Crippen LogP contribution in [0.5, 0.6) is 5.75 Å². The molecule has 6 heteroatoms. The van der Waals surface area contributed by atoms with Gasteiger partial charge in [-0.15, -0.1) is 0 Å². The second kappa shape index (κ2) is 7.17. The molecule has 1 fully saturated rings. The van der Waals surface area contributed by atoms with Gasteiger partial charge in [0.25, 0.3) is 0 Å². The third-order valence-corrected chi connectivity index (χ3v) is 4.90. The Hall–Kier alpha value is -2.24. The maximum atomic E-state index is 13.1. The van der Waals surface area contributed by atoms with E-state index >= 15 is 0 Å². The number of fused-ring (bicyclic) bond motifs is 1. The molecule has 0 aromatic heterocycles. The summed E-state index contributed by atoms with van der Waals surface area (Å²) in [5, 5.41) is 0. The maximum absolute atomic E-state index is 13.1. The fraction of sp³-hybridized carbons (Fsp3) is 0.600. The first-order chi connectivity index (χ1) is 12.3. The molecule has 0 bridgehead atoms. The molecule has 1 saturated heterocycles. The number of nitrogens with zero attached hydrogens (tertiary/aromatic N) is 2. The molecule has 2 aliphatic rings. The van der Waals surface area contributed by atoms with Crippen LogP contribution in [0.25, 0.3) is 0 Å². The van der Waals surface area contributed by atoms with E-state index in [-0.39, 0.29) is 5.91 Å². The Morgan fingerprint density at radius 3 is 2.62 bits per heavy atom. The van der Waals surface area contributed by atoms with Gasteiger partial charge in [0.05, 0.1) is 7.11 Å². The van der Waals surface area contributed by atoms with Gasteiger partial charge in [0.2, 0.25) is 5.91 Å². The molecule has 26 heavy (non-hydrogen) atoms. The smallest absolute Gasteiger partial charge is 0.410 e. The zero-order chi connectivity index (χ0) is 18.9. The van der Waals surface area contributed by atoms with E-state index in [0.29, 0.717) is 26.1 Å². The molecule has 1 atom stereocenters. The molecule has 0 radical (unpaired) electrons. The zero-order valence-electron chi connectivity index (χ0n) is 16.1. The topological polar surface area (TPSA) is 59.1 Å². The monoisotopic (exact) mass is 360 g/mol. The quantitative estimate of drug-likeness (QED) is 0.814.